The summed E-state index contributed by atoms with van der Waals surface area (Å²) in [4.78, 5) is 16.4. The average Bonchev–Trinajstić information content (AvgIpc) is 3.25. The van der Waals surface area contributed by atoms with Crippen LogP contribution in [0.5, 0.6) is 34.5 Å². The van der Waals surface area contributed by atoms with Crippen molar-refractivity contribution in [3.05, 3.63) is 63.5 Å². The molecule has 4 N–H and O–H groups in total. The summed E-state index contributed by atoms with van der Waals surface area (Å²) in [6.07, 6.45) is 1.76. The van der Waals surface area contributed by atoms with Gasteiger partial charge in [-0.25, -0.2) is 0 Å². The maximum Gasteiger partial charge on any atom is 0.273 e. The number of H-pyrrole nitrogens is 1. The van der Waals surface area contributed by atoms with Crippen molar-refractivity contribution in [2.45, 2.75) is 0 Å². The molecule has 0 amide bonds. The maximum absolute atomic E-state index is 13.5. The van der Waals surface area contributed by atoms with E-state index < -0.39 is 0 Å². The van der Waals surface area contributed by atoms with E-state index in [-0.39, 0.29) is 40.1 Å². The Labute approximate surface area is 223 Å². The lowest BCUT2D eigenvalue weighted by molar-refractivity contribution is 0.373. The number of aromatic hydroxyl groups is 3. The molecule has 0 radical (unpaired) electrons. The smallest absolute Gasteiger partial charge is 0.273 e. The number of phenols is 3. The van der Waals surface area contributed by atoms with Gasteiger partial charge in [-0.3, -0.25) is 4.79 Å². The second-order valence-corrected chi connectivity index (χ2v) is 9.63. The van der Waals surface area contributed by atoms with Gasteiger partial charge in [0.05, 0.1) is 32.4 Å². The topological polar surface area (TPSA) is 126 Å². The lowest BCUT2D eigenvalue weighted by atomic mass is 9.97. The molecular weight excluding hydrogens is 556 g/mol. The van der Waals surface area contributed by atoms with Gasteiger partial charge >= 0.3 is 0 Å². The number of halogens is 1. The molecular formula is C28H21BrN2O7. The molecule has 38 heavy (non-hydrogen) atoms. The summed E-state index contributed by atoms with van der Waals surface area (Å²) >= 11 is 3.63. The van der Waals surface area contributed by atoms with Crippen molar-refractivity contribution in [3.8, 4) is 45.6 Å². The van der Waals surface area contributed by atoms with E-state index in [9.17, 15) is 20.1 Å². The van der Waals surface area contributed by atoms with Gasteiger partial charge < -0.3 is 38.9 Å². The lowest BCUT2D eigenvalue weighted by Gasteiger charge is -2.12. The minimum atomic E-state index is -0.378. The summed E-state index contributed by atoms with van der Waals surface area (Å²) in [6, 6.07) is 11.4. The minimum absolute atomic E-state index is 0.0196. The lowest BCUT2D eigenvalue weighted by Crippen LogP contribution is -2.08. The van der Waals surface area contributed by atoms with Crippen LogP contribution >= 0.6 is 15.9 Å². The predicted molar refractivity (Wildman–Crippen MR) is 148 cm³/mol. The predicted octanol–water partition coefficient (Wildman–Crippen LogP) is 5.66. The van der Waals surface area contributed by atoms with Gasteiger partial charge in [0.15, 0.2) is 34.5 Å². The van der Waals surface area contributed by atoms with Crippen LogP contribution in [0.3, 0.4) is 0 Å². The van der Waals surface area contributed by atoms with E-state index in [0.29, 0.717) is 53.7 Å². The van der Waals surface area contributed by atoms with E-state index in [1.807, 2.05) is 0 Å². The Bertz CT molecular complexity index is 2010. The molecule has 0 aliphatic carbocycles. The van der Waals surface area contributed by atoms with E-state index in [4.69, 9.17) is 14.2 Å². The van der Waals surface area contributed by atoms with E-state index in [1.165, 1.54) is 27.4 Å². The Balaban J connectivity index is 1.95. The van der Waals surface area contributed by atoms with Gasteiger partial charge in [-0.2, -0.15) is 0 Å². The third-order valence-corrected chi connectivity index (χ3v) is 7.46. The first-order valence-corrected chi connectivity index (χ1v) is 12.2. The van der Waals surface area contributed by atoms with Crippen LogP contribution in [-0.4, -0.2) is 46.0 Å². The number of phenolic OH excluding ortho intramolecular Hbond substituents is 3. The summed E-state index contributed by atoms with van der Waals surface area (Å²) in [5.74, 6) is 0.559. The van der Waals surface area contributed by atoms with Gasteiger partial charge in [0.25, 0.3) is 5.56 Å². The van der Waals surface area contributed by atoms with Crippen molar-refractivity contribution in [1.82, 2.24) is 9.38 Å². The summed E-state index contributed by atoms with van der Waals surface area (Å²) in [6.45, 7) is 0. The van der Waals surface area contributed by atoms with Gasteiger partial charge in [-0.05, 0) is 41.8 Å². The van der Waals surface area contributed by atoms with Crippen molar-refractivity contribution in [2.75, 3.05) is 21.3 Å². The fraction of sp³-hybridized carbons (Fsp3) is 0.107. The second kappa shape index (κ2) is 8.49. The quantitative estimate of drug-likeness (QED) is 0.213. The molecule has 0 saturated carbocycles. The highest BCUT2D eigenvalue weighted by atomic mass is 79.9. The third kappa shape index (κ3) is 3.26. The van der Waals surface area contributed by atoms with Gasteiger partial charge in [0.2, 0.25) is 0 Å². The molecule has 10 heteroatoms. The maximum atomic E-state index is 13.5. The number of nitrogens with zero attached hydrogens (tertiary/aromatic N) is 1. The van der Waals surface area contributed by atoms with E-state index in [1.54, 1.807) is 47.0 Å². The standard InChI is InChI=1S/C28H21BrN2O7/c1-36-21-8-13-12(6-18(21)32)4-5-31-26(13)24(14-7-19(33)23(38-3)10-16(14)29)25-15-9-22(37-2)20(34)11-17(15)30-28(35)27(25)31/h4-11,32-34H,1-3H3,(H,30,35). The zero-order valence-electron chi connectivity index (χ0n) is 20.4. The zero-order chi connectivity index (χ0) is 26.9. The summed E-state index contributed by atoms with van der Waals surface area (Å²) in [7, 11) is 4.37. The Morgan fingerprint density at radius 2 is 1.39 bits per heavy atom. The Kier molecular flexibility index (Phi) is 5.32. The molecule has 6 aromatic rings. The molecule has 0 atom stereocenters. The van der Waals surface area contributed by atoms with Crippen molar-refractivity contribution >= 4 is 54.0 Å². The minimum Gasteiger partial charge on any atom is -0.504 e. The Hall–Kier alpha value is -4.57. The number of hydrogen-bond acceptors (Lipinski definition) is 7. The monoisotopic (exact) mass is 576 g/mol. The molecule has 0 fully saturated rings. The molecule has 0 aliphatic rings. The van der Waals surface area contributed by atoms with E-state index in [0.717, 1.165) is 0 Å². The van der Waals surface area contributed by atoms with Crippen molar-refractivity contribution in [2.24, 2.45) is 0 Å². The Morgan fingerprint density at radius 3 is 2.08 bits per heavy atom. The molecule has 192 valence electrons. The summed E-state index contributed by atoms with van der Waals surface area (Å²) in [5, 5.41) is 34.2. The number of methoxy groups -OCH3 is 3. The summed E-state index contributed by atoms with van der Waals surface area (Å²) in [5.41, 5.74) is 2.25. The molecule has 3 heterocycles. The van der Waals surface area contributed by atoms with Crippen LogP contribution in [0.1, 0.15) is 0 Å². The molecule has 0 aliphatic heterocycles. The van der Waals surface area contributed by atoms with Gasteiger partial charge in [0, 0.05) is 44.0 Å². The van der Waals surface area contributed by atoms with Crippen LogP contribution in [0.4, 0.5) is 0 Å². The van der Waals surface area contributed by atoms with Crippen LogP contribution in [0.25, 0.3) is 49.2 Å². The average molecular weight is 577 g/mol. The number of rotatable bonds is 4. The van der Waals surface area contributed by atoms with Crippen molar-refractivity contribution in [1.29, 1.82) is 0 Å². The van der Waals surface area contributed by atoms with Crippen LogP contribution in [0, 0.1) is 0 Å². The number of aromatic nitrogens is 2. The van der Waals surface area contributed by atoms with Crippen LogP contribution in [0.2, 0.25) is 0 Å². The van der Waals surface area contributed by atoms with Gasteiger partial charge in [-0.15, -0.1) is 0 Å². The SMILES string of the molecule is COc1cc(Br)c(-c2c3c4cc(OC)c(O)cc4[nH]c(=O)c3n3ccc4cc(O)c(OC)cc4c23)cc1O. The molecule has 3 aromatic heterocycles. The Morgan fingerprint density at radius 1 is 0.789 bits per heavy atom. The number of benzene rings is 3. The number of aromatic amines is 1. The molecule has 0 spiro atoms. The molecule has 0 bridgehead atoms. The first-order valence-electron chi connectivity index (χ1n) is 11.4. The zero-order valence-corrected chi connectivity index (χ0v) is 22.0. The van der Waals surface area contributed by atoms with Gasteiger partial charge in [-0.1, -0.05) is 15.9 Å². The fourth-order valence-electron chi connectivity index (χ4n) is 5.12. The molecule has 6 rings (SSSR count). The molecule has 9 nitrogen and oxygen atoms in total. The van der Waals surface area contributed by atoms with E-state index in [2.05, 4.69) is 20.9 Å². The highest BCUT2D eigenvalue weighted by molar-refractivity contribution is 9.10. The second-order valence-electron chi connectivity index (χ2n) is 8.77. The number of hydrogen-bond donors (Lipinski definition) is 4. The third-order valence-electron chi connectivity index (χ3n) is 6.80. The first kappa shape index (κ1) is 23.8. The van der Waals surface area contributed by atoms with Crippen LogP contribution in [0.15, 0.2) is 57.9 Å². The largest absolute Gasteiger partial charge is 0.504 e. The number of nitrogens with one attached hydrogen (secondary N) is 1. The van der Waals surface area contributed by atoms with Crippen LogP contribution in [-0.2, 0) is 0 Å². The molecule has 0 unspecified atom stereocenters. The number of ether oxygens (including phenoxy) is 3. The first-order chi connectivity index (χ1) is 18.3. The number of pyridine rings is 2. The van der Waals surface area contributed by atoms with E-state index >= 15 is 0 Å². The summed E-state index contributed by atoms with van der Waals surface area (Å²) < 4.78 is 18.5. The highest BCUT2D eigenvalue weighted by Gasteiger charge is 2.25. The van der Waals surface area contributed by atoms with Crippen molar-refractivity contribution in [3.63, 3.8) is 0 Å². The van der Waals surface area contributed by atoms with Crippen LogP contribution < -0.4 is 19.8 Å². The van der Waals surface area contributed by atoms with Crippen molar-refractivity contribution < 1.29 is 29.5 Å². The number of fused-ring (bicyclic) bond motifs is 7. The molecule has 0 saturated heterocycles. The fourth-order valence-corrected chi connectivity index (χ4v) is 5.64. The van der Waals surface area contributed by atoms with Gasteiger partial charge in [0.1, 0.15) is 5.52 Å². The normalized spacial score (nSPS) is 11.6. The highest BCUT2D eigenvalue weighted by Crippen LogP contribution is 2.48. The molecule has 3 aromatic carbocycles.